The molecule has 3 aromatic rings. The quantitative estimate of drug-likeness (QED) is 0.353. The van der Waals surface area contributed by atoms with Crippen LogP contribution in [0, 0.1) is 10.1 Å². The van der Waals surface area contributed by atoms with Crippen molar-refractivity contribution >= 4 is 40.6 Å². The molecule has 1 amide bonds. The van der Waals surface area contributed by atoms with Crippen LogP contribution in [0.25, 0.3) is 11.2 Å². The van der Waals surface area contributed by atoms with E-state index in [0.717, 1.165) is 4.57 Å². The minimum absolute atomic E-state index is 0.0147. The first-order valence-corrected chi connectivity index (χ1v) is 8.45. The van der Waals surface area contributed by atoms with Gasteiger partial charge in [-0.25, -0.2) is 15.2 Å². The summed E-state index contributed by atoms with van der Waals surface area (Å²) in [6.07, 6.45) is 2.49. The number of hydrogen-bond acceptors (Lipinski definition) is 7. The molecule has 0 aliphatic heterocycles. The van der Waals surface area contributed by atoms with E-state index in [9.17, 15) is 24.5 Å². The summed E-state index contributed by atoms with van der Waals surface area (Å²) in [5, 5.41) is 14.6. The largest absolute Gasteiger partial charge is 0.332 e. The SMILES string of the molecule is Cn1c(=O)c2c(ncn2CC(=O)NN=Cc2ccc(Cl)c([N+](=O)[O-])c2)n(C)c1=O. The zero-order valence-electron chi connectivity index (χ0n) is 15.2. The van der Waals surface area contributed by atoms with E-state index in [1.165, 1.54) is 54.0 Å². The van der Waals surface area contributed by atoms with Gasteiger partial charge in [-0.15, -0.1) is 0 Å². The van der Waals surface area contributed by atoms with Gasteiger partial charge in [-0.2, -0.15) is 5.10 Å². The first kappa shape index (κ1) is 19.9. The Labute approximate surface area is 166 Å². The fourth-order valence-electron chi connectivity index (χ4n) is 2.64. The monoisotopic (exact) mass is 419 g/mol. The average molecular weight is 420 g/mol. The maximum absolute atomic E-state index is 12.3. The number of rotatable bonds is 5. The summed E-state index contributed by atoms with van der Waals surface area (Å²) in [4.78, 5) is 50.7. The van der Waals surface area contributed by atoms with Crippen molar-refractivity contribution in [3.8, 4) is 0 Å². The van der Waals surface area contributed by atoms with Crippen molar-refractivity contribution in [2.75, 3.05) is 0 Å². The summed E-state index contributed by atoms with van der Waals surface area (Å²) in [7, 11) is 2.80. The molecule has 0 aliphatic carbocycles. The summed E-state index contributed by atoms with van der Waals surface area (Å²) >= 11 is 5.73. The first-order valence-electron chi connectivity index (χ1n) is 8.07. The van der Waals surface area contributed by atoms with E-state index in [0.29, 0.717) is 5.56 Å². The molecular weight excluding hydrogens is 406 g/mol. The predicted octanol–water partition coefficient (Wildman–Crippen LogP) is 0.146. The van der Waals surface area contributed by atoms with Gasteiger partial charge in [-0.05, 0) is 6.07 Å². The Kier molecular flexibility index (Phi) is 5.28. The van der Waals surface area contributed by atoms with Crippen LogP contribution in [0.3, 0.4) is 0 Å². The number of nitrogens with one attached hydrogen (secondary N) is 1. The van der Waals surface area contributed by atoms with Crippen LogP contribution in [0.2, 0.25) is 5.02 Å². The van der Waals surface area contributed by atoms with Crippen molar-refractivity contribution in [3.63, 3.8) is 0 Å². The fourth-order valence-corrected chi connectivity index (χ4v) is 2.82. The number of hydrogen-bond donors (Lipinski definition) is 1. The summed E-state index contributed by atoms with van der Waals surface area (Å²) in [5.74, 6) is -0.570. The highest BCUT2D eigenvalue weighted by molar-refractivity contribution is 6.32. The topological polar surface area (TPSA) is 146 Å². The van der Waals surface area contributed by atoms with Crippen molar-refractivity contribution in [2.24, 2.45) is 19.2 Å². The molecule has 12 nitrogen and oxygen atoms in total. The van der Waals surface area contributed by atoms with Crippen molar-refractivity contribution in [1.82, 2.24) is 24.1 Å². The number of amides is 1. The van der Waals surface area contributed by atoms with Crippen molar-refractivity contribution in [1.29, 1.82) is 0 Å². The molecule has 0 spiro atoms. The molecular formula is C16H14ClN7O5. The maximum atomic E-state index is 12.3. The van der Waals surface area contributed by atoms with Crippen molar-refractivity contribution < 1.29 is 9.72 Å². The van der Waals surface area contributed by atoms with Gasteiger partial charge < -0.3 is 4.57 Å². The van der Waals surface area contributed by atoms with Gasteiger partial charge in [0.25, 0.3) is 17.2 Å². The number of nitro benzene ring substituents is 1. The number of carbonyl (C=O) groups is 1. The lowest BCUT2D eigenvalue weighted by Crippen LogP contribution is -2.38. The van der Waals surface area contributed by atoms with E-state index in [1.54, 1.807) is 0 Å². The normalized spacial score (nSPS) is 11.3. The molecule has 0 saturated carbocycles. The Morgan fingerprint density at radius 2 is 2.07 bits per heavy atom. The summed E-state index contributed by atoms with van der Waals surface area (Å²) in [6, 6.07) is 4.06. The number of halogens is 1. The number of carbonyl (C=O) groups excluding carboxylic acids is 1. The number of hydrazone groups is 1. The van der Waals surface area contributed by atoms with E-state index in [-0.39, 0.29) is 28.4 Å². The highest BCUT2D eigenvalue weighted by Crippen LogP contribution is 2.24. The second kappa shape index (κ2) is 7.67. The Morgan fingerprint density at radius 1 is 1.34 bits per heavy atom. The second-order valence-electron chi connectivity index (χ2n) is 6.01. The Morgan fingerprint density at radius 3 is 2.76 bits per heavy atom. The molecule has 29 heavy (non-hydrogen) atoms. The van der Waals surface area contributed by atoms with Gasteiger partial charge >= 0.3 is 5.69 Å². The third-order valence-electron chi connectivity index (χ3n) is 4.10. The third-order valence-corrected chi connectivity index (χ3v) is 4.42. The number of aromatic nitrogens is 4. The van der Waals surface area contributed by atoms with E-state index in [4.69, 9.17) is 11.6 Å². The second-order valence-corrected chi connectivity index (χ2v) is 6.42. The molecule has 0 radical (unpaired) electrons. The lowest BCUT2D eigenvalue weighted by molar-refractivity contribution is -0.384. The summed E-state index contributed by atoms with van der Waals surface area (Å²) < 4.78 is 3.43. The van der Waals surface area contributed by atoms with Crippen LogP contribution >= 0.6 is 11.6 Å². The molecule has 0 fully saturated rings. The lowest BCUT2D eigenvalue weighted by Gasteiger charge is -2.06. The van der Waals surface area contributed by atoms with Gasteiger partial charge in [0, 0.05) is 25.7 Å². The molecule has 0 saturated heterocycles. The first-order chi connectivity index (χ1) is 13.7. The molecule has 1 aromatic carbocycles. The van der Waals surface area contributed by atoms with Crippen molar-refractivity contribution in [2.45, 2.75) is 6.54 Å². The number of nitrogens with zero attached hydrogens (tertiary/aromatic N) is 6. The zero-order valence-corrected chi connectivity index (χ0v) is 16.0. The van der Waals surface area contributed by atoms with Crippen LogP contribution in [-0.4, -0.2) is 35.7 Å². The molecule has 0 aliphatic rings. The van der Waals surface area contributed by atoms with E-state index < -0.39 is 22.1 Å². The van der Waals surface area contributed by atoms with E-state index in [1.807, 2.05) is 0 Å². The van der Waals surface area contributed by atoms with Gasteiger partial charge in [0.15, 0.2) is 11.2 Å². The molecule has 2 aromatic heterocycles. The van der Waals surface area contributed by atoms with E-state index in [2.05, 4.69) is 15.5 Å². The molecule has 0 bridgehead atoms. The number of aryl methyl sites for hydroxylation is 1. The molecule has 13 heteroatoms. The van der Waals surface area contributed by atoms with Crippen LogP contribution in [0.5, 0.6) is 0 Å². The highest BCUT2D eigenvalue weighted by atomic mass is 35.5. The van der Waals surface area contributed by atoms with Gasteiger partial charge in [0.2, 0.25) is 0 Å². The van der Waals surface area contributed by atoms with Gasteiger partial charge in [0.1, 0.15) is 11.6 Å². The fraction of sp³-hybridized carbons (Fsp3) is 0.188. The minimum atomic E-state index is -0.629. The highest BCUT2D eigenvalue weighted by Gasteiger charge is 2.16. The third kappa shape index (κ3) is 3.78. The average Bonchev–Trinajstić information content (AvgIpc) is 3.09. The van der Waals surface area contributed by atoms with E-state index >= 15 is 0 Å². The van der Waals surface area contributed by atoms with Gasteiger partial charge in [0.05, 0.1) is 17.5 Å². The minimum Gasteiger partial charge on any atom is -0.315 e. The van der Waals surface area contributed by atoms with Crippen LogP contribution in [-0.2, 0) is 25.4 Å². The molecule has 3 rings (SSSR count). The summed E-state index contributed by atoms with van der Waals surface area (Å²) in [6.45, 7) is -0.276. The van der Waals surface area contributed by atoms with Crippen LogP contribution in [0.1, 0.15) is 5.56 Å². The number of imidazole rings is 1. The lowest BCUT2D eigenvalue weighted by atomic mass is 10.2. The molecule has 0 unspecified atom stereocenters. The number of benzene rings is 1. The molecule has 2 heterocycles. The number of fused-ring (bicyclic) bond motifs is 1. The Hall–Kier alpha value is -3.80. The summed E-state index contributed by atoms with van der Waals surface area (Å²) in [5.41, 5.74) is 1.48. The molecule has 150 valence electrons. The number of nitro groups is 1. The Bertz CT molecular complexity index is 1290. The Balaban J connectivity index is 1.78. The van der Waals surface area contributed by atoms with Gasteiger partial charge in [-0.3, -0.25) is 28.8 Å². The van der Waals surface area contributed by atoms with Crippen LogP contribution < -0.4 is 16.7 Å². The maximum Gasteiger partial charge on any atom is 0.332 e. The van der Waals surface area contributed by atoms with Gasteiger partial charge in [-0.1, -0.05) is 17.7 Å². The predicted molar refractivity (Wildman–Crippen MR) is 104 cm³/mol. The smallest absolute Gasteiger partial charge is 0.315 e. The van der Waals surface area contributed by atoms with Crippen LogP contribution in [0.15, 0.2) is 39.2 Å². The standard InChI is InChI=1S/C16H14ClN7O5/c1-21-14-13(15(26)22(2)16(21)27)23(8-18-14)7-12(25)20-19-6-9-3-4-10(17)11(5-9)24(28)29/h3-6,8H,7H2,1-2H3,(H,20,25). The van der Waals surface area contributed by atoms with Crippen LogP contribution in [0.4, 0.5) is 5.69 Å². The van der Waals surface area contributed by atoms with Crippen molar-refractivity contribution in [3.05, 3.63) is 66.1 Å². The molecule has 1 N–H and O–H groups in total. The zero-order chi connectivity index (χ0) is 21.3. The molecule has 0 atom stereocenters.